The Balaban J connectivity index is 2.30. The number of nitrogens with one attached hydrogen (secondary N) is 1. The maximum Gasteiger partial charge on any atom is 0.335 e. The van der Waals surface area contributed by atoms with Gasteiger partial charge in [0.15, 0.2) is 0 Å². The number of halogens is 1. The molecule has 102 valence electrons. The normalized spacial score (nSPS) is 17.6. The first-order chi connectivity index (χ1) is 8.99. The van der Waals surface area contributed by atoms with E-state index in [1.165, 1.54) is 0 Å². The van der Waals surface area contributed by atoms with Gasteiger partial charge in [-0.25, -0.2) is 4.79 Å². The molecule has 19 heavy (non-hydrogen) atoms. The number of hydrogen-bond acceptors (Lipinski definition) is 5. The van der Waals surface area contributed by atoms with Crippen LogP contribution < -0.4 is 5.32 Å². The summed E-state index contributed by atoms with van der Waals surface area (Å²) in [5, 5.41) is 22.3. The molecule has 1 heterocycles. The molecular weight excluding hydrogens is 259 g/mol. The summed E-state index contributed by atoms with van der Waals surface area (Å²) < 4.78 is 18.7. The average molecular weight is 270 g/mol. The van der Waals surface area contributed by atoms with E-state index in [1.807, 2.05) is 0 Å². The lowest BCUT2D eigenvalue weighted by Gasteiger charge is -2.26. The van der Waals surface area contributed by atoms with E-state index in [1.54, 1.807) is 0 Å². The minimum Gasteiger partial charge on any atom is -0.478 e. The molecule has 1 aromatic carbocycles. The number of rotatable bonds is 5. The number of aromatic carboxylic acids is 1. The van der Waals surface area contributed by atoms with Gasteiger partial charge in [0.25, 0.3) is 0 Å². The summed E-state index contributed by atoms with van der Waals surface area (Å²) in [6.45, 7) is 0.890. The highest BCUT2D eigenvalue weighted by Crippen LogP contribution is 2.29. The van der Waals surface area contributed by atoms with Gasteiger partial charge in [0.05, 0.1) is 16.6 Å². The predicted octanol–water partition coefficient (Wildman–Crippen LogP) is 1.63. The van der Waals surface area contributed by atoms with Crippen LogP contribution in [0, 0.1) is 15.9 Å². The number of carboxylic acids is 1. The van der Waals surface area contributed by atoms with Crippen molar-refractivity contribution in [2.24, 2.45) is 0 Å². The smallest absolute Gasteiger partial charge is 0.335 e. The fourth-order valence-electron chi connectivity index (χ4n) is 1.71. The van der Waals surface area contributed by atoms with E-state index in [4.69, 9.17) is 9.84 Å². The fourth-order valence-corrected chi connectivity index (χ4v) is 1.71. The summed E-state index contributed by atoms with van der Waals surface area (Å²) in [6, 6.07) is 1.67. The molecule has 7 nitrogen and oxygen atoms in total. The molecule has 0 aromatic heterocycles. The zero-order valence-corrected chi connectivity index (χ0v) is 9.76. The van der Waals surface area contributed by atoms with Gasteiger partial charge in [0.1, 0.15) is 5.69 Å². The third-order valence-corrected chi connectivity index (χ3v) is 2.81. The molecule has 0 aliphatic carbocycles. The lowest BCUT2D eigenvalue weighted by molar-refractivity contribution is -0.386. The zero-order valence-electron chi connectivity index (χ0n) is 9.76. The SMILES string of the molecule is O=C(O)c1cc(F)c([N+](=O)[O-])c(NCC2CCO2)c1. The Morgan fingerprint density at radius 2 is 2.32 bits per heavy atom. The molecule has 2 N–H and O–H groups in total. The lowest BCUT2D eigenvalue weighted by Crippen LogP contribution is -2.33. The predicted molar refractivity (Wildman–Crippen MR) is 62.9 cm³/mol. The van der Waals surface area contributed by atoms with E-state index in [-0.39, 0.29) is 23.9 Å². The molecule has 1 saturated heterocycles. The van der Waals surface area contributed by atoms with Gasteiger partial charge in [0, 0.05) is 13.2 Å². The zero-order chi connectivity index (χ0) is 14.0. The van der Waals surface area contributed by atoms with E-state index in [2.05, 4.69) is 5.32 Å². The van der Waals surface area contributed by atoms with Crippen LogP contribution in [0.15, 0.2) is 12.1 Å². The van der Waals surface area contributed by atoms with Gasteiger partial charge in [-0.1, -0.05) is 0 Å². The summed E-state index contributed by atoms with van der Waals surface area (Å²) in [5.41, 5.74) is -1.26. The number of carboxylic acid groups (broad SMARTS) is 1. The highest BCUT2D eigenvalue weighted by atomic mass is 19.1. The molecule has 8 heteroatoms. The second-order valence-corrected chi connectivity index (χ2v) is 4.08. The molecule has 0 bridgehead atoms. The van der Waals surface area contributed by atoms with Crippen LogP contribution in [0.3, 0.4) is 0 Å². The van der Waals surface area contributed by atoms with Crippen LogP contribution in [0.2, 0.25) is 0 Å². The molecule has 0 spiro atoms. The first-order valence-corrected chi connectivity index (χ1v) is 5.55. The molecule has 1 fully saturated rings. The first kappa shape index (κ1) is 13.2. The number of hydrogen-bond donors (Lipinski definition) is 2. The number of benzene rings is 1. The van der Waals surface area contributed by atoms with Crippen LogP contribution in [0.25, 0.3) is 0 Å². The van der Waals surface area contributed by atoms with Crippen LogP contribution in [0.4, 0.5) is 15.8 Å². The summed E-state index contributed by atoms with van der Waals surface area (Å²) in [6.07, 6.45) is 0.721. The Morgan fingerprint density at radius 1 is 1.63 bits per heavy atom. The third-order valence-electron chi connectivity index (χ3n) is 2.81. The quantitative estimate of drug-likeness (QED) is 0.622. The van der Waals surface area contributed by atoms with Crippen molar-refractivity contribution in [2.75, 3.05) is 18.5 Å². The van der Waals surface area contributed by atoms with Gasteiger partial charge in [0.2, 0.25) is 5.82 Å². The summed E-state index contributed by atoms with van der Waals surface area (Å²) in [7, 11) is 0. The van der Waals surface area contributed by atoms with E-state index < -0.39 is 22.4 Å². The molecule has 0 radical (unpaired) electrons. The third kappa shape index (κ3) is 2.79. The molecular formula is C11H11FN2O5. The van der Waals surface area contributed by atoms with Crippen molar-refractivity contribution in [2.45, 2.75) is 12.5 Å². The number of nitro benzene ring substituents is 1. The Kier molecular flexibility index (Phi) is 3.61. The Morgan fingerprint density at radius 3 is 2.79 bits per heavy atom. The number of carbonyl (C=O) groups is 1. The van der Waals surface area contributed by atoms with Crippen LogP contribution in [0.5, 0.6) is 0 Å². The fraction of sp³-hybridized carbons (Fsp3) is 0.364. The number of anilines is 1. The second-order valence-electron chi connectivity index (χ2n) is 4.08. The highest BCUT2D eigenvalue weighted by molar-refractivity contribution is 5.90. The maximum absolute atomic E-state index is 13.6. The van der Waals surface area contributed by atoms with Crippen LogP contribution >= 0.6 is 0 Å². The van der Waals surface area contributed by atoms with Gasteiger partial charge in [-0.15, -0.1) is 0 Å². The van der Waals surface area contributed by atoms with Gasteiger partial charge in [-0.3, -0.25) is 10.1 Å². The second kappa shape index (κ2) is 5.19. The van der Waals surface area contributed by atoms with Gasteiger partial charge in [-0.05, 0) is 18.6 Å². The van der Waals surface area contributed by atoms with Crippen molar-refractivity contribution in [1.29, 1.82) is 0 Å². The van der Waals surface area contributed by atoms with Crippen LogP contribution in [-0.4, -0.2) is 35.3 Å². The van der Waals surface area contributed by atoms with Gasteiger partial charge >= 0.3 is 11.7 Å². The molecule has 1 aliphatic heterocycles. The number of nitro groups is 1. The maximum atomic E-state index is 13.6. The van der Waals surface area contributed by atoms with Crippen molar-refractivity contribution in [3.05, 3.63) is 33.6 Å². The topological polar surface area (TPSA) is 102 Å². The van der Waals surface area contributed by atoms with Gasteiger partial charge < -0.3 is 15.2 Å². The lowest BCUT2D eigenvalue weighted by atomic mass is 10.1. The molecule has 0 amide bonds. The molecule has 0 saturated carbocycles. The van der Waals surface area contributed by atoms with Crippen molar-refractivity contribution in [3.8, 4) is 0 Å². The Bertz CT molecular complexity index is 530. The number of nitrogens with zero attached hydrogens (tertiary/aromatic N) is 1. The molecule has 1 aliphatic rings. The average Bonchev–Trinajstić information content (AvgIpc) is 2.25. The minimum atomic E-state index is -1.35. The van der Waals surface area contributed by atoms with Crippen molar-refractivity contribution in [3.63, 3.8) is 0 Å². The molecule has 2 rings (SSSR count). The van der Waals surface area contributed by atoms with Crippen molar-refractivity contribution < 1.29 is 24.0 Å². The van der Waals surface area contributed by atoms with E-state index in [0.29, 0.717) is 12.7 Å². The van der Waals surface area contributed by atoms with Crippen LogP contribution in [0.1, 0.15) is 16.8 Å². The Hall–Kier alpha value is -2.22. The first-order valence-electron chi connectivity index (χ1n) is 5.55. The van der Waals surface area contributed by atoms with E-state index >= 15 is 0 Å². The van der Waals surface area contributed by atoms with E-state index in [9.17, 15) is 19.3 Å². The number of ether oxygens (including phenoxy) is 1. The van der Waals surface area contributed by atoms with Crippen molar-refractivity contribution >= 4 is 17.3 Å². The minimum absolute atomic E-state index is 0.0869. The van der Waals surface area contributed by atoms with Crippen molar-refractivity contribution in [1.82, 2.24) is 0 Å². The summed E-state index contributed by atoms with van der Waals surface area (Å²) in [4.78, 5) is 20.7. The summed E-state index contributed by atoms with van der Waals surface area (Å²) >= 11 is 0. The Labute approximate surface area is 107 Å². The summed E-state index contributed by atoms with van der Waals surface area (Å²) in [5.74, 6) is -2.53. The van der Waals surface area contributed by atoms with Gasteiger partial charge in [-0.2, -0.15) is 4.39 Å². The molecule has 1 aromatic rings. The van der Waals surface area contributed by atoms with E-state index in [0.717, 1.165) is 12.5 Å². The standard InChI is InChI=1S/C11H11FN2O5/c12-8-3-6(11(15)16)4-9(10(8)14(17)18)13-5-7-1-2-19-7/h3-4,7,13H,1-2,5H2,(H,15,16). The molecule has 1 unspecified atom stereocenters. The largest absolute Gasteiger partial charge is 0.478 e. The monoisotopic (exact) mass is 270 g/mol. The molecule has 1 atom stereocenters. The van der Waals surface area contributed by atoms with Crippen LogP contribution in [-0.2, 0) is 4.74 Å². The highest BCUT2D eigenvalue weighted by Gasteiger charge is 2.25.